The summed E-state index contributed by atoms with van der Waals surface area (Å²) in [5.41, 5.74) is 6.35. The highest BCUT2D eigenvalue weighted by atomic mass is 32.1. The molecule has 3 rings (SSSR count). The highest BCUT2D eigenvalue weighted by Gasteiger charge is 2.25. The Balaban J connectivity index is 1.45. The van der Waals surface area contributed by atoms with Crippen LogP contribution >= 0.6 is 11.3 Å². The largest absolute Gasteiger partial charge is 0.369 e. The number of piperidine rings is 1. The first-order chi connectivity index (χ1) is 11.1. The number of aromatic nitrogens is 1. The van der Waals surface area contributed by atoms with Gasteiger partial charge >= 0.3 is 0 Å². The van der Waals surface area contributed by atoms with Crippen LogP contribution in [0.2, 0.25) is 0 Å². The number of nitrogens with two attached hydrogens (primary N) is 1. The van der Waals surface area contributed by atoms with E-state index in [-0.39, 0.29) is 17.7 Å². The topological polar surface area (TPSA) is 76.3 Å². The van der Waals surface area contributed by atoms with E-state index in [0.29, 0.717) is 32.4 Å². The van der Waals surface area contributed by atoms with Gasteiger partial charge in [0.2, 0.25) is 11.8 Å². The second kappa shape index (κ2) is 7.08. The summed E-state index contributed by atoms with van der Waals surface area (Å²) in [5, 5.41) is 1.09. The minimum atomic E-state index is -0.243. The number of para-hydroxylation sites is 1. The zero-order chi connectivity index (χ0) is 16.2. The molecule has 0 unspecified atom stereocenters. The number of carbonyl (C=O) groups is 2. The maximum absolute atomic E-state index is 12.2. The second-order valence-electron chi connectivity index (χ2n) is 5.99. The van der Waals surface area contributed by atoms with Gasteiger partial charge in [-0.3, -0.25) is 9.59 Å². The van der Waals surface area contributed by atoms with Crippen molar-refractivity contribution in [3.05, 3.63) is 29.3 Å². The zero-order valence-electron chi connectivity index (χ0n) is 13.0. The summed E-state index contributed by atoms with van der Waals surface area (Å²) < 4.78 is 1.20. The fourth-order valence-electron chi connectivity index (χ4n) is 2.99. The fourth-order valence-corrected chi connectivity index (χ4v) is 4.00. The van der Waals surface area contributed by atoms with Crippen LogP contribution in [0.5, 0.6) is 0 Å². The van der Waals surface area contributed by atoms with Gasteiger partial charge in [0, 0.05) is 25.4 Å². The molecule has 0 aliphatic carbocycles. The van der Waals surface area contributed by atoms with Crippen molar-refractivity contribution in [2.75, 3.05) is 13.1 Å². The van der Waals surface area contributed by atoms with Gasteiger partial charge in [0.1, 0.15) is 0 Å². The quantitative estimate of drug-likeness (QED) is 0.913. The van der Waals surface area contributed by atoms with Gasteiger partial charge in [-0.2, -0.15) is 0 Å². The number of thiazole rings is 1. The standard InChI is InChI=1S/C17H21N3O2S/c18-17(22)12-8-10-20(11-9-12)16(21)7-3-6-15-19-13-4-1-2-5-14(13)23-15/h1-2,4-5,12H,3,6-11H2,(H2,18,22). The maximum atomic E-state index is 12.2. The van der Waals surface area contributed by atoms with Crippen molar-refractivity contribution in [1.82, 2.24) is 9.88 Å². The van der Waals surface area contributed by atoms with Crippen molar-refractivity contribution >= 4 is 33.4 Å². The van der Waals surface area contributed by atoms with Crippen molar-refractivity contribution in [1.29, 1.82) is 0 Å². The number of aryl methyl sites for hydroxylation is 1. The van der Waals surface area contributed by atoms with E-state index in [1.807, 2.05) is 23.1 Å². The lowest BCUT2D eigenvalue weighted by Crippen LogP contribution is -2.41. The molecule has 0 spiro atoms. The fraction of sp³-hybridized carbons (Fsp3) is 0.471. The highest BCUT2D eigenvalue weighted by molar-refractivity contribution is 7.18. The Bertz CT molecular complexity index is 672. The van der Waals surface area contributed by atoms with E-state index in [1.54, 1.807) is 11.3 Å². The van der Waals surface area contributed by atoms with Gasteiger partial charge in [-0.15, -0.1) is 11.3 Å². The molecular weight excluding hydrogens is 310 g/mol. The van der Waals surface area contributed by atoms with Gasteiger partial charge < -0.3 is 10.6 Å². The molecule has 122 valence electrons. The molecule has 0 radical (unpaired) electrons. The average Bonchev–Trinajstić information content (AvgIpc) is 2.97. The van der Waals surface area contributed by atoms with Gasteiger partial charge in [0.15, 0.2) is 0 Å². The predicted molar refractivity (Wildman–Crippen MR) is 91.1 cm³/mol. The molecule has 1 aliphatic rings. The molecule has 5 nitrogen and oxygen atoms in total. The first kappa shape index (κ1) is 15.9. The van der Waals surface area contributed by atoms with E-state index < -0.39 is 0 Å². The van der Waals surface area contributed by atoms with E-state index >= 15 is 0 Å². The smallest absolute Gasteiger partial charge is 0.222 e. The summed E-state index contributed by atoms with van der Waals surface area (Å²) in [6.45, 7) is 1.29. The average molecular weight is 331 g/mol. The lowest BCUT2D eigenvalue weighted by molar-refractivity contribution is -0.134. The molecule has 1 aromatic heterocycles. The molecule has 23 heavy (non-hydrogen) atoms. The molecule has 1 saturated heterocycles. The van der Waals surface area contributed by atoms with Crippen LogP contribution in [-0.2, 0) is 16.0 Å². The van der Waals surface area contributed by atoms with Crippen LogP contribution < -0.4 is 5.73 Å². The number of nitrogens with zero attached hydrogens (tertiary/aromatic N) is 2. The predicted octanol–water partition coefficient (Wildman–Crippen LogP) is 2.34. The van der Waals surface area contributed by atoms with E-state index in [1.165, 1.54) is 4.70 Å². The summed E-state index contributed by atoms with van der Waals surface area (Å²) >= 11 is 1.70. The molecule has 1 aromatic carbocycles. The summed E-state index contributed by atoms with van der Waals surface area (Å²) in [7, 11) is 0. The molecule has 2 N–H and O–H groups in total. The van der Waals surface area contributed by atoms with E-state index in [4.69, 9.17) is 5.73 Å². The summed E-state index contributed by atoms with van der Waals surface area (Å²) in [5.74, 6) is -0.135. The zero-order valence-corrected chi connectivity index (χ0v) is 13.8. The summed E-state index contributed by atoms with van der Waals surface area (Å²) in [6.07, 6.45) is 3.58. The van der Waals surface area contributed by atoms with Gasteiger partial charge in [0.05, 0.1) is 15.2 Å². The van der Waals surface area contributed by atoms with Crippen molar-refractivity contribution in [3.8, 4) is 0 Å². The third-order valence-corrected chi connectivity index (χ3v) is 5.47. The number of carbonyl (C=O) groups excluding carboxylic acids is 2. The number of likely N-dealkylation sites (tertiary alicyclic amines) is 1. The van der Waals surface area contributed by atoms with Gasteiger partial charge in [-0.1, -0.05) is 12.1 Å². The molecule has 2 amide bonds. The van der Waals surface area contributed by atoms with Gasteiger partial charge in [-0.25, -0.2) is 4.98 Å². The van der Waals surface area contributed by atoms with Crippen LogP contribution in [0.15, 0.2) is 24.3 Å². The number of hydrogen-bond acceptors (Lipinski definition) is 4. The third kappa shape index (κ3) is 3.88. The second-order valence-corrected chi connectivity index (χ2v) is 7.10. The van der Waals surface area contributed by atoms with Crippen LogP contribution in [-0.4, -0.2) is 34.8 Å². The Labute approximate surface area is 139 Å². The highest BCUT2D eigenvalue weighted by Crippen LogP contribution is 2.23. The van der Waals surface area contributed by atoms with Crippen LogP contribution in [0.3, 0.4) is 0 Å². The normalized spacial score (nSPS) is 15.9. The Morgan fingerprint density at radius 3 is 2.70 bits per heavy atom. The number of amides is 2. The maximum Gasteiger partial charge on any atom is 0.222 e. The lowest BCUT2D eigenvalue weighted by atomic mass is 9.96. The van der Waals surface area contributed by atoms with Crippen molar-refractivity contribution in [3.63, 3.8) is 0 Å². The van der Waals surface area contributed by atoms with Crippen LogP contribution in [0, 0.1) is 5.92 Å². The monoisotopic (exact) mass is 331 g/mol. The van der Waals surface area contributed by atoms with Gasteiger partial charge in [0.25, 0.3) is 0 Å². The van der Waals surface area contributed by atoms with Gasteiger partial charge in [-0.05, 0) is 37.8 Å². The molecule has 1 aliphatic heterocycles. The lowest BCUT2D eigenvalue weighted by Gasteiger charge is -2.30. The number of rotatable bonds is 5. The number of benzene rings is 1. The van der Waals surface area contributed by atoms with Crippen LogP contribution in [0.4, 0.5) is 0 Å². The number of primary amides is 1. The Morgan fingerprint density at radius 2 is 2.00 bits per heavy atom. The van der Waals surface area contributed by atoms with Crippen LogP contribution in [0.25, 0.3) is 10.2 Å². The van der Waals surface area contributed by atoms with Crippen molar-refractivity contribution in [2.45, 2.75) is 32.1 Å². The Morgan fingerprint density at radius 1 is 1.26 bits per heavy atom. The molecule has 2 aromatic rings. The van der Waals surface area contributed by atoms with E-state index in [0.717, 1.165) is 23.4 Å². The van der Waals surface area contributed by atoms with E-state index in [9.17, 15) is 9.59 Å². The molecule has 0 saturated carbocycles. The van der Waals surface area contributed by atoms with E-state index in [2.05, 4.69) is 11.1 Å². The Kier molecular flexibility index (Phi) is 4.91. The molecular formula is C17H21N3O2S. The first-order valence-corrected chi connectivity index (χ1v) is 8.86. The first-order valence-electron chi connectivity index (χ1n) is 8.05. The van der Waals surface area contributed by atoms with Crippen molar-refractivity contribution < 1.29 is 9.59 Å². The molecule has 6 heteroatoms. The summed E-state index contributed by atoms with van der Waals surface area (Å²) in [4.78, 5) is 29.8. The Hall–Kier alpha value is -1.95. The minimum Gasteiger partial charge on any atom is -0.369 e. The third-order valence-electron chi connectivity index (χ3n) is 4.37. The van der Waals surface area contributed by atoms with Crippen LogP contribution in [0.1, 0.15) is 30.7 Å². The molecule has 2 heterocycles. The van der Waals surface area contributed by atoms with Crippen molar-refractivity contribution in [2.24, 2.45) is 11.7 Å². The molecule has 0 atom stereocenters. The molecule has 1 fully saturated rings. The molecule has 0 bridgehead atoms. The SMILES string of the molecule is NC(=O)C1CCN(C(=O)CCCc2nc3ccccc3s2)CC1. The number of fused-ring (bicyclic) bond motifs is 1. The minimum absolute atomic E-state index is 0.0678. The number of hydrogen-bond donors (Lipinski definition) is 1. The summed E-state index contributed by atoms with van der Waals surface area (Å²) in [6, 6.07) is 8.10.